The number of benzene rings is 2. The molecule has 1 aromatic heterocycles. The Morgan fingerprint density at radius 2 is 1.86 bits per heavy atom. The zero-order valence-corrected chi connectivity index (χ0v) is 16.4. The lowest BCUT2D eigenvalue weighted by Gasteiger charge is -2.06. The zero-order valence-electron chi connectivity index (χ0n) is 15.6. The van der Waals surface area contributed by atoms with Crippen LogP contribution in [0.5, 0.6) is 5.75 Å². The van der Waals surface area contributed by atoms with E-state index in [4.69, 9.17) is 9.47 Å². The highest BCUT2D eigenvalue weighted by Gasteiger charge is 2.10. The third kappa shape index (κ3) is 4.95. The topological polar surface area (TPSA) is 77.5 Å². The molecule has 1 heterocycles. The van der Waals surface area contributed by atoms with Crippen LogP contribution in [0, 0.1) is 6.92 Å². The van der Waals surface area contributed by atoms with Gasteiger partial charge in [-0.2, -0.15) is 0 Å². The van der Waals surface area contributed by atoms with Crippen LogP contribution >= 0.6 is 11.3 Å². The number of amides is 1. The van der Waals surface area contributed by atoms with Crippen LogP contribution in [0.15, 0.2) is 53.9 Å². The summed E-state index contributed by atoms with van der Waals surface area (Å²) in [7, 11) is 0. The van der Waals surface area contributed by atoms with Gasteiger partial charge in [0.25, 0.3) is 5.91 Å². The molecule has 2 aromatic carbocycles. The maximum Gasteiger partial charge on any atom is 0.513 e. The maximum absolute atomic E-state index is 12.3. The fourth-order valence-corrected chi connectivity index (χ4v) is 3.43. The third-order valence-electron chi connectivity index (χ3n) is 3.94. The van der Waals surface area contributed by atoms with Crippen molar-refractivity contribution in [2.75, 3.05) is 6.61 Å². The summed E-state index contributed by atoms with van der Waals surface area (Å²) in [6.07, 6.45) is -0.771. The van der Waals surface area contributed by atoms with Gasteiger partial charge in [0.2, 0.25) is 0 Å². The normalized spacial score (nSPS) is 10.4. The fraction of sp³-hybridized carbons (Fsp3) is 0.190. The van der Waals surface area contributed by atoms with Gasteiger partial charge in [-0.3, -0.25) is 4.79 Å². The minimum absolute atomic E-state index is 0.229. The van der Waals surface area contributed by atoms with Crippen LogP contribution in [0.1, 0.15) is 28.5 Å². The summed E-state index contributed by atoms with van der Waals surface area (Å²) in [5.74, 6) is 0.0884. The Hall–Kier alpha value is -3.19. The average Bonchev–Trinajstić information content (AvgIpc) is 3.16. The van der Waals surface area contributed by atoms with E-state index < -0.39 is 6.16 Å². The quantitative estimate of drug-likeness (QED) is 0.487. The molecular weight excluding hydrogens is 376 g/mol. The highest BCUT2D eigenvalue weighted by molar-refractivity contribution is 7.13. The molecule has 7 heteroatoms. The van der Waals surface area contributed by atoms with Gasteiger partial charge in [-0.15, -0.1) is 11.3 Å². The van der Waals surface area contributed by atoms with E-state index in [-0.39, 0.29) is 12.5 Å². The molecule has 0 aliphatic heterocycles. The highest BCUT2D eigenvalue weighted by Crippen LogP contribution is 2.26. The molecule has 0 aliphatic rings. The first-order chi connectivity index (χ1) is 13.6. The predicted molar refractivity (Wildman–Crippen MR) is 108 cm³/mol. The summed E-state index contributed by atoms with van der Waals surface area (Å²) in [4.78, 5) is 28.2. The van der Waals surface area contributed by atoms with Gasteiger partial charge in [0.05, 0.1) is 18.8 Å². The lowest BCUT2D eigenvalue weighted by molar-refractivity contribution is 0.0950. The van der Waals surface area contributed by atoms with Crippen molar-refractivity contribution in [3.05, 3.63) is 70.7 Å². The van der Waals surface area contributed by atoms with Crippen LogP contribution in [0.3, 0.4) is 0 Å². The first kappa shape index (κ1) is 19.6. The second-order valence-corrected chi connectivity index (χ2v) is 6.81. The van der Waals surface area contributed by atoms with Gasteiger partial charge in [-0.05, 0) is 43.7 Å². The number of rotatable bonds is 6. The minimum atomic E-state index is -0.771. The Labute approximate surface area is 167 Å². The molecule has 28 heavy (non-hydrogen) atoms. The SMILES string of the molecule is CCOC(=O)Oc1ccc(C(=O)NCc2csc(-c3ccccc3C)n2)cc1. The Morgan fingerprint density at radius 1 is 1.11 bits per heavy atom. The second-order valence-electron chi connectivity index (χ2n) is 5.95. The van der Waals surface area contributed by atoms with E-state index in [0.29, 0.717) is 17.9 Å². The van der Waals surface area contributed by atoms with Crippen LogP contribution in [0.25, 0.3) is 10.6 Å². The van der Waals surface area contributed by atoms with Crippen LogP contribution in [0.4, 0.5) is 4.79 Å². The summed E-state index contributed by atoms with van der Waals surface area (Å²) < 4.78 is 9.68. The standard InChI is InChI=1S/C21H20N2O4S/c1-3-26-21(25)27-17-10-8-15(9-11-17)19(24)22-12-16-13-28-20(23-16)18-7-5-4-6-14(18)2/h4-11,13H,3,12H2,1-2H3,(H,22,24). The van der Waals surface area contributed by atoms with E-state index in [0.717, 1.165) is 21.8 Å². The van der Waals surface area contributed by atoms with E-state index in [1.165, 1.54) is 0 Å². The van der Waals surface area contributed by atoms with Crippen molar-refractivity contribution in [3.63, 3.8) is 0 Å². The van der Waals surface area contributed by atoms with Gasteiger partial charge >= 0.3 is 6.16 Å². The Morgan fingerprint density at radius 3 is 2.57 bits per heavy atom. The van der Waals surface area contributed by atoms with E-state index in [1.54, 1.807) is 42.5 Å². The molecule has 1 N–H and O–H groups in total. The number of carbonyl (C=O) groups excluding carboxylic acids is 2. The molecule has 3 rings (SSSR count). The lowest BCUT2D eigenvalue weighted by atomic mass is 10.1. The molecular formula is C21H20N2O4S. The van der Waals surface area contributed by atoms with Crippen molar-refractivity contribution in [3.8, 4) is 16.3 Å². The van der Waals surface area contributed by atoms with Crippen LogP contribution in [-0.4, -0.2) is 23.7 Å². The highest BCUT2D eigenvalue weighted by atomic mass is 32.1. The first-order valence-corrected chi connectivity index (χ1v) is 9.68. The molecule has 144 valence electrons. The van der Waals surface area contributed by atoms with Crippen LogP contribution in [0.2, 0.25) is 0 Å². The average molecular weight is 396 g/mol. The Balaban J connectivity index is 1.57. The van der Waals surface area contributed by atoms with E-state index >= 15 is 0 Å². The van der Waals surface area contributed by atoms with Crippen molar-refractivity contribution in [2.24, 2.45) is 0 Å². The number of thiazole rings is 1. The second kappa shape index (κ2) is 9.14. The molecule has 0 aliphatic carbocycles. The first-order valence-electron chi connectivity index (χ1n) is 8.80. The van der Waals surface area contributed by atoms with E-state index in [1.807, 2.05) is 36.6 Å². The molecule has 6 nitrogen and oxygen atoms in total. The van der Waals surface area contributed by atoms with Gasteiger partial charge in [-0.25, -0.2) is 9.78 Å². The van der Waals surface area contributed by atoms with Gasteiger partial charge in [0.15, 0.2) is 0 Å². The van der Waals surface area contributed by atoms with Crippen LogP contribution in [-0.2, 0) is 11.3 Å². The molecule has 0 bridgehead atoms. The molecule has 0 atom stereocenters. The number of carbonyl (C=O) groups is 2. The summed E-state index contributed by atoms with van der Waals surface area (Å²) in [5, 5.41) is 5.72. The van der Waals surface area contributed by atoms with Gasteiger partial charge in [0.1, 0.15) is 10.8 Å². The number of hydrogen-bond acceptors (Lipinski definition) is 6. The van der Waals surface area contributed by atoms with Crippen molar-refractivity contribution in [1.29, 1.82) is 0 Å². The minimum Gasteiger partial charge on any atom is -0.434 e. The molecule has 0 fully saturated rings. The van der Waals surface area contributed by atoms with Gasteiger partial charge in [-0.1, -0.05) is 24.3 Å². The number of nitrogens with one attached hydrogen (secondary N) is 1. The lowest BCUT2D eigenvalue weighted by Crippen LogP contribution is -2.22. The molecule has 0 unspecified atom stereocenters. The predicted octanol–water partition coefficient (Wildman–Crippen LogP) is 4.58. The van der Waals surface area contributed by atoms with E-state index in [2.05, 4.69) is 10.3 Å². The summed E-state index contributed by atoms with van der Waals surface area (Å²) >= 11 is 1.55. The molecule has 3 aromatic rings. The number of aromatic nitrogens is 1. The van der Waals surface area contributed by atoms with Crippen LogP contribution < -0.4 is 10.1 Å². The van der Waals surface area contributed by atoms with E-state index in [9.17, 15) is 9.59 Å². The molecule has 0 saturated carbocycles. The molecule has 0 radical (unpaired) electrons. The van der Waals surface area contributed by atoms with Crippen molar-refractivity contribution < 1.29 is 19.1 Å². The molecule has 0 spiro atoms. The summed E-state index contributed by atoms with van der Waals surface area (Å²) in [5.41, 5.74) is 3.53. The van der Waals surface area contributed by atoms with Gasteiger partial charge in [0, 0.05) is 16.5 Å². The molecule has 1 amide bonds. The number of ether oxygens (including phenoxy) is 2. The maximum atomic E-state index is 12.3. The van der Waals surface area contributed by atoms with Gasteiger partial charge < -0.3 is 14.8 Å². The Kier molecular flexibility index (Phi) is 6.39. The third-order valence-corrected chi connectivity index (χ3v) is 4.86. The monoisotopic (exact) mass is 396 g/mol. The fourth-order valence-electron chi connectivity index (χ4n) is 2.52. The number of hydrogen-bond donors (Lipinski definition) is 1. The summed E-state index contributed by atoms with van der Waals surface area (Å²) in [6.45, 7) is 4.32. The summed E-state index contributed by atoms with van der Waals surface area (Å²) in [6, 6.07) is 14.3. The Bertz CT molecular complexity index is 967. The zero-order chi connectivity index (χ0) is 19.9. The molecule has 0 saturated heterocycles. The van der Waals surface area contributed by atoms with Crippen molar-refractivity contribution in [1.82, 2.24) is 10.3 Å². The smallest absolute Gasteiger partial charge is 0.434 e. The number of aryl methyl sites for hydroxylation is 1. The largest absolute Gasteiger partial charge is 0.513 e. The van der Waals surface area contributed by atoms with Crippen molar-refractivity contribution >= 4 is 23.4 Å². The number of nitrogens with zero attached hydrogens (tertiary/aromatic N) is 1. The van der Waals surface area contributed by atoms with Crippen molar-refractivity contribution in [2.45, 2.75) is 20.4 Å².